The molecule has 1 heterocycles. The summed E-state index contributed by atoms with van der Waals surface area (Å²) in [7, 11) is 1.59. The van der Waals surface area contributed by atoms with Crippen molar-refractivity contribution in [3.8, 4) is 0 Å². The molecule has 1 aliphatic rings. The molecule has 1 aliphatic heterocycles. The van der Waals surface area contributed by atoms with Gasteiger partial charge in [0.25, 0.3) is 5.91 Å². The molecule has 0 aromatic heterocycles. The summed E-state index contributed by atoms with van der Waals surface area (Å²) in [6, 6.07) is 8.92. The molecule has 7 nitrogen and oxygen atoms in total. The number of carbonyl (C=O) groups is 3. The second-order valence-corrected chi connectivity index (χ2v) is 8.91. The SMILES string of the molecule is CC(=O)Nc1cccc(F)c1CN1C(=O)N(C)C(C)c2ccc(C(=O)NCc3c(F)cc(F)cc3F)cc21. The first-order chi connectivity index (χ1) is 18.0. The number of fused-ring (bicyclic) bond motifs is 1. The number of rotatable bonds is 6. The van der Waals surface area contributed by atoms with Gasteiger partial charge >= 0.3 is 6.03 Å². The molecule has 1 unspecified atom stereocenters. The normalized spacial score (nSPS) is 14.8. The van der Waals surface area contributed by atoms with E-state index < -0.39 is 53.2 Å². The van der Waals surface area contributed by atoms with E-state index in [0.717, 1.165) is 0 Å². The third-order valence-corrected chi connectivity index (χ3v) is 6.42. The topological polar surface area (TPSA) is 81.8 Å². The first kappa shape index (κ1) is 26.6. The van der Waals surface area contributed by atoms with Crippen LogP contribution in [-0.4, -0.2) is 29.8 Å². The number of nitrogens with one attached hydrogen (secondary N) is 2. The van der Waals surface area contributed by atoms with Crippen LogP contribution in [0.25, 0.3) is 0 Å². The van der Waals surface area contributed by atoms with E-state index in [4.69, 9.17) is 0 Å². The molecular formula is C27H24F4N4O3. The predicted octanol–water partition coefficient (Wildman–Crippen LogP) is 5.26. The molecule has 38 heavy (non-hydrogen) atoms. The van der Waals surface area contributed by atoms with Crippen LogP contribution in [0.5, 0.6) is 0 Å². The molecule has 4 rings (SSSR count). The van der Waals surface area contributed by atoms with Gasteiger partial charge in [-0.3, -0.25) is 14.5 Å². The smallest absolute Gasteiger partial charge is 0.325 e. The standard InChI is InChI=1S/C27H24F4N4O3/c1-14-18-8-7-16(26(37)32-12-19-22(30)10-17(28)11-23(19)31)9-25(18)35(27(38)34(14)3)13-20-21(29)5-4-6-24(20)33-15(2)36/h4-11,14H,12-13H2,1-3H3,(H,32,37)(H,33,36). The maximum Gasteiger partial charge on any atom is 0.325 e. The number of hydrogen-bond donors (Lipinski definition) is 2. The Labute approximate surface area is 216 Å². The van der Waals surface area contributed by atoms with Gasteiger partial charge in [-0.05, 0) is 36.8 Å². The lowest BCUT2D eigenvalue weighted by Crippen LogP contribution is -2.46. The van der Waals surface area contributed by atoms with Gasteiger partial charge in [-0.2, -0.15) is 0 Å². The molecule has 0 aliphatic carbocycles. The molecule has 0 radical (unpaired) electrons. The van der Waals surface area contributed by atoms with Crippen molar-refractivity contribution in [2.45, 2.75) is 33.0 Å². The summed E-state index contributed by atoms with van der Waals surface area (Å²) in [5.74, 6) is -5.10. The molecule has 0 spiro atoms. The Morgan fingerprint density at radius 3 is 2.29 bits per heavy atom. The first-order valence-electron chi connectivity index (χ1n) is 11.6. The van der Waals surface area contributed by atoms with Crippen LogP contribution in [0.1, 0.15) is 46.9 Å². The number of urea groups is 1. The highest BCUT2D eigenvalue weighted by molar-refractivity contribution is 6.00. The van der Waals surface area contributed by atoms with Gasteiger partial charge in [0.1, 0.15) is 23.3 Å². The monoisotopic (exact) mass is 528 g/mol. The second kappa shape index (κ2) is 10.5. The summed E-state index contributed by atoms with van der Waals surface area (Å²) in [5.41, 5.74) is 0.861. The molecule has 198 valence electrons. The Kier molecular flexibility index (Phi) is 7.38. The highest BCUT2D eigenvalue weighted by Gasteiger charge is 2.34. The van der Waals surface area contributed by atoms with Crippen molar-refractivity contribution in [3.63, 3.8) is 0 Å². The van der Waals surface area contributed by atoms with Crippen LogP contribution in [-0.2, 0) is 17.9 Å². The minimum Gasteiger partial charge on any atom is -0.348 e. The molecule has 1 atom stereocenters. The third-order valence-electron chi connectivity index (χ3n) is 6.42. The Hall–Kier alpha value is -4.41. The Morgan fingerprint density at radius 1 is 0.947 bits per heavy atom. The molecule has 0 saturated heterocycles. The van der Waals surface area contributed by atoms with Gasteiger partial charge in [-0.1, -0.05) is 12.1 Å². The molecule has 2 N–H and O–H groups in total. The average molecular weight is 529 g/mol. The molecule has 3 aromatic rings. The molecule has 3 aromatic carbocycles. The van der Waals surface area contributed by atoms with Gasteiger partial charge in [-0.25, -0.2) is 22.4 Å². The van der Waals surface area contributed by atoms with Crippen LogP contribution in [0.15, 0.2) is 48.5 Å². The number of amides is 4. The number of hydrogen-bond acceptors (Lipinski definition) is 3. The number of benzene rings is 3. The second-order valence-electron chi connectivity index (χ2n) is 8.91. The minimum atomic E-state index is -1.14. The van der Waals surface area contributed by atoms with Crippen molar-refractivity contribution >= 4 is 29.2 Å². The van der Waals surface area contributed by atoms with Gasteiger partial charge < -0.3 is 15.5 Å². The predicted molar refractivity (Wildman–Crippen MR) is 132 cm³/mol. The van der Waals surface area contributed by atoms with Crippen LogP contribution in [0.2, 0.25) is 0 Å². The van der Waals surface area contributed by atoms with Crippen molar-refractivity contribution in [1.29, 1.82) is 0 Å². The zero-order chi connectivity index (χ0) is 27.7. The first-order valence-corrected chi connectivity index (χ1v) is 11.6. The van der Waals surface area contributed by atoms with Gasteiger partial charge in [0.05, 0.1) is 18.3 Å². The van der Waals surface area contributed by atoms with Gasteiger partial charge in [-0.15, -0.1) is 0 Å². The lowest BCUT2D eigenvalue weighted by molar-refractivity contribution is -0.114. The van der Waals surface area contributed by atoms with E-state index in [9.17, 15) is 31.9 Å². The summed E-state index contributed by atoms with van der Waals surface area (Å²) in [5, 5.41) is 4.95. The zero-order valence-corrected chi connectivity index (χ0v) is 20.7. The van der Waals surface area contributed by atoms with Crippen LogP contribution in [0.4, 0.5) is 33.7 Å². The third kappa shape index (κ3) is 5.17. The van der Waals surface area contributed by atoms with E-state index >= 15 is 0 Å². The lowest BCUT2D eigenvalue weighted by atomic mass is 9.98. The Bertz CT molecular complexity index is 1420. The van der Waals surface area contributed by atoms with Gasteiger partial charge in [0.2, 0.25) is 5.91 Å². The summed E-state index contributed by atoms with van der Waals surface area (Å²) >= 11 is 0. The lowest BCUT2D eigenvalue weighted by Gasteiger charge is -2.40. The molecule has 0 bridgehead atoms. The highest BCUT2D eigenvalue weighted by atomic mass is 19.1. The van der Waals surface area contributed by atoms with Gasteiger partial charge in [0.15, 0.2) is 0 Å². The fraction of sp³-hybridized carbons (Fsp3) is 0.222. The van der Waals surface area contributed by atoms with Crippen LogP contribution >= 0.6 is 0 Å². The summed E-state index contributed by atoms with van der Waals surface area (Å²) in [6.45, 7) is 2.28. The van der Waals surface area contributed by atoms with E-state index in [2.05, 4.69) is 10.6 Å². The molecule has 0 saturated carbocycles. The maximum atomic E-state index is 14.8. The van der Waals surface area contributed by atoms with E-state index in [1.807, 2.05) is 0 Å². The van der Waals surface area contributed by atoms with Crippen molar-refractivity contribution in [3.05, 3.63) is 94.1 Å². The van der Waals surface area contributed by atoms with E-state index in [1.165, 1.54) is 47.1 Å². The van der Waals surface area contributed by atoms with Crippen molar-refractivity contribution < 1.29 is 31.9 Å². The fourth-order valence-corrected chi connectivity index (χ4v) is 4.29. The molecule has 11 heteroatoms. The molecule has 0 fully saturated rings. The van der Waals surface area contributed by atoms with Crippen LogP contribution in [0, 0.1) is 23.3 Å². The van der Waals surface area contributed by atoms with Crippen molar-refractivity contribution in [2.24, 2.45) is 0 Å². The summed E-state index contributed by atoms with van der Waals surface area (Å²) in [4.78, 5) is 40.5. The van der Waals surface area contributed by atoms with Crippen LogP contribution < -0.4 is 15.5 Å². The number of nitrogens with zero attached hydrogens (tertiary/aromatic N) is 2. The van der Waals surface area contributed by atoms with Crippen molar-refractivity contribution in [1.82, 2.24) is 10.2 Å². The molecule has 4 amide bonds. The highest BCUT2D eigenvalue weighted by Crippen LogP contribution is 2.38. The van der Waals surface area contributed by atoms with E-state index in [1.54, 1.807) is 20.0 Å². The Balaban J connectivity index is 1.67. The van der Waals surface area contributed by atoms with Crippen LogP contribution in [0.3, 0.4) is 0 Å². The number of anilines is 2. The van der Waals surface area contributed by atoms with Crippen molar-refractivity contribution in [2.75, 3.05) is 17.3 Å². The van der Waals surface area contributed by atoms with E-state index in [-0.39, 0.29) is 29.4 Å². The van der Waals surface area contributed by atoms with Gasteiger partial charge in [0, 0.05) is 55.0 Å². The summed E-state index contributed by atoms with van der Waals surface area (Å²) < 4.78 is 56.0. The fourth-order valence-electron chi connectivity index (χ4n) is 4.29. The maximum absolute atomic E-state index is 14.8. The Morgan fingerprint density at radius 2 is 1.63 bits per heavy atom. The quantitative estimate of drug-likeness (QED) is 0.428. The van der Waals surface area contributed by atoms with E-state index in [0.29, 0.717) is 23.4 Å². The molecular weight excluding hydrogens is 504 g/mol. The minimum absolute atomic E-state index is 0.0714. The zero-order valence-electron chi connectivity index (χ0n) is 20.7. The number of halogens is 4. The largest absolute Gasteiger partial charge is 0.348 e. The summed E-state index contributed by atoms with van der Waals surface area (Å²) in [6.07, 6.45) is 0. The average Bonchev–Trinajstić information content (AvgIpc) is 2.85. The number of carbonyl (C=O) groups excluding carboxylic acids is 3.